The molecule has 0 aromatic carbocycles. The van der Waals surface area contributed by atoms with Crippen molar-refractivity contribution in [3.63, 3.8) is 0 Å². The van der Waals surface area contributed by atoms with Gasteiger partial charge >= 0.3 is 0 Å². The van der Waals surface area contributed by atoms with Crippen LogP contribution in [0.5, 0.6) is 0 Å². The average molecular weight is 329 g/mol. The average Bonchev–Trinajstić information content (AvgIpc) is 2.75. The predicted molar refractivity (Wildman–Crippen MR) is 72.1 cm³/mol. The molecule has 1 aromatic heterocycles. The Bertz CT molecular complexity index is 491. The Balaban J connectivity index is 1.75. The van der Waals surface area contributed by atoms with E-state index in [-0.39, 0.29) is 17.9 Å². The number of rotatable bonds is 1. The van der Waals surface area contributed by atoms with Crippen LogP contribution in [0.2, 0.25) is 0 Å². The lowest BCUT2D eigenvalue weighted by molar-refractivity contribution is -0.132. The van der Waals surface area contributed by atoms with Gasteiger partial charge in [0.25, 0.3) is 0 Å². The first-order chi connectivity index (χ1) is 8.63. The highest BCUT2D eigenvalue weighted by atomic mass is 79.9. The highest BCUT2D eigenvalue weighted by Gasteiger charge is 2.33. The first-order valence-corrected chi connectivity index (χ1v) is 7.59. The Kier molecular flexibility index (Phi) is 3.25. The Labute approximate surface area is 117 Å². The second kappa shape index (κ2) is 4.75. The normalized spacial score (nSPS) is 24.8. The van der Waals surface area contributed by atoms with Gasteiger partial charge in [-0.1, -0.05) is 0 Å². The number of halogens is 1. The van der Waals surface area contributed by atoms with E-state index in [1.165, 1.54) is 10.4 Å². The monoisotopic (exact) mass is 328 g/mol. The van der Waals surface area contributed by atoms with Crippen molar-refractivity contribution in [1.29, 1.82) is 0 Å². The Morgan fingerprint density at radius 2 is 2.22 bits per heavy atom. The molecule has 18 heavy (non-hydrogen) atoms. The number of amides is 2. The molecule has 3 rings (SSSR count). The fourth-order valence-corrected chi connectivity index (χ4v) is 4.38. The van der Waals surface area contributed by atoms with Gasteiger partial charge in [0, 0.05) is 24.4 Å². The third-order valence-electron chi connectivity index (χ3n) is 3.47. The smallest absolute Gasteiger partial charge is 0.243 e. The van der Waals surface area contributed by atoms with E-state index in [1.54, 1.807) is 11.3 Å². The molecular formula is C12H13BrN2O2S. The van der Waals surface area contributed by atoms with Crippen molar-refractivity contribution in [3.05, 3.63) is 20.3 Å². The van der Waals surface area contributed by atoms with Crippen molar-refractivity contribution in [2.24, 2.45) is 0 Å². The van der Waals surface area contributed by atoms with Gasteiger partial charge in [0.05, 0.1) is 9.83 Å². The summed E-state index contributed by atoms with van der Waals surface area (Å²) >= 11 is 5.21. The van der Waals surface area contributed by atoms with Gasteiger partial charge in [-0.25, -0.2) is 0 Å². The summed E-state index contributed by atoms with van der Waals surface area (Å²) in [5, 5.41) is 2.47. The molecule has 96 valence electrons. The van der Waals surface area contributed by atoms with Crippen LogP contribution in [-0.2, 0) is 22.7 Å². The zero-order valence-electron chi connectivity index (χ0n) is 9.74. The van der Waals surface area contributed by atoms with Crippen LogP contribution in [0.15, 0.2) is 9.85 Å². The Morgan fingerprint density at radius 1 is 1.39 bits per heavy atom. The van der Waals surface area contributed by atoms with Crippen LogP contribution in [0.1, 0.15) is 29.7 Å². The number of nitrogens with zero attached hydrogens (tertiary/aromatic N) is 1. The van der Waals surface area contributed by atoms with Gasteiger partial charge in [-0.2, -0.15) is 0 Å². The van der Waals surface area contributed by atoms with Crippen molar-refractivity contribution < 1.29 is 9.59 Å². The molecule has 1 N–H and O–H groups in total. The summed E-state index contributed by atoms with van der Waals surface area (Å²) < 4.78 is 1.15. The van der Waals surface area contributed by atoms with Crippen LogP contribution in [-0.4, -0.2) is 22.8 Å². The zero-order chi connectivity index (χ0) is 12.7. The van der Waals surface area contributed by atoms with Crippen LogP contribution in [0.3, 0.4) is 0 Å². The third kappa shape index (κ3) is 2.24. The molecule has 2 aliphatic heterocycles. The molecule has 1 atom stereocenters. The van der Waals surface area contributed by atoms with Gasteiger partial charge in [-0.3, -0.25) is 19.8 Å². The number of carbonyl (C=O) groups excluding carboxylic acids is 2. The largest absolute Gasteiger partial charge is 0.295 e. The van der Waals surface area contributed by atoms with Crippen molar-refractivity contribution in [2.45, 2.75) is 38.4 Å². The summed E-state index contributed by atoms with van der Waals surface area (Å²) in [5.74, 6) is -0.272. The van der Waals surface area contributed by atoms with E-state index in [4.69, 9.17) is 0 Å². The summed E-state index contributed by atoms with van der Waals surface area (Å²) in [4.78, 5) is 26.8. The fraction of sp³-hybridized carbons (Fsp3) is 0.500. The van der Waals surface area contributed by atoms with E-state index < -0.39 is 0 Å². The molecule has 0 unspecified atom stereocenters. The Hall–Kier alpha value is -0.720. The van der Waals surface area contributed by atoms with Crippen molar-refractivity contribution in [2.75, 3.05) is 0 Å². The second-order valence-corrected chi connectivity index (χ2v) is 7.24. The molecule has 0 spiro atoms. The standard InChI is InChI=1S/C12H13BrN2O2S/c13-10-4-7-5-15(6-9(7)18-10)8-2-1-3-11(16)14-12(8)17/h4,8H,1-3,5-6H2,(H,14,16,17)/t8-/m0/s1. The van der Waals surface area contributed by atoms with Gasteiger partial charge in [0.2, 0.25) is 11.8 Å². The van der Waals surface area contributed by atoms with E-state index in [9.17, 15) is 9.59 Å². The lowest BCUT2D eigenvalue weighted by Crippen LogP contribution is -2.44. The molecule has 3 heterocycles. The predicted octanol–water partition coefficient (Wildman–Crippen LogP) is 2.02. The van der Waals surface area contributed by atoms with Crippen LogP contribution in [0.4, 0.5) is 0 Å². The van der Waals surface area contributed by atoms with E-state index in [0.29, 0.717) is 6.42 Å². The molecule has 1 fully saturated rings. The topological polar surface area (TPSA) is 49.4 Å². The van der Waals surface area contributed by atoms with E-state index in [1.807, 2.05) is 0 Å². The SMILES string of the molecule is O=C1CCC[C@H](N2Cc3cc(Br)sc3C2)C(=O)N1. The van der Waals surface area contributed by atoms with Crippen molar-refractivity contribution in [1.82, 2.24) is 10.2 Å². The quantitative estimate of drug-likeness (QED) is 0.802. The minimum atomic E-state index is -0.158. The highest BCUT2D eigenvalue weighted by Crippen LogP contribution is 2.35. The lowest BCUT2D eigenvalue weighted by atomic mass is 10.1. The summed E-state index contributed by atoms with van der Waals surface area (Å²) in [7, 11) is 0. The van der Waals surface area contributed by atoms with Crippen LogP contribution in [0.25, 0.3) is 0 Å². The maximum absolute atomic E-state index is 12.0. The lowest BCUT2D eigenvalue weighted by Gasteiger charge is -2.24. The molecular weight excluding hydrogens is 316 g/mol. The summed E-state index contributed by atoms with van der Waals surface area (Å²) in [6.07, 6.45) is 2.02. The molecule has 0 bridgehead atoms. The summed E-state index contributed by atoms with van der Waals surface area (Å²) in [5.41, 5.74) is 1.30. The highest BCUT2D eigenvalue weighted by molar-refractivity contribution is 9.11. The number of imide groups is 1. The van der Waals surface area contributed by atoms with Crippen LogP contribution >= 0.6 is 27.3 Å². The molecule has 1 saturated heterocycles. The molecule has 4 nitrogen and oxygen atoms in total. The molecule has 1 aromatic rings. The number of hydrogen-bond acceptors (Lipinski definition) is 4. The van der Waals surface area contributed by atoms with E-state index in [0.717, 1.165) is 29.7 Å². The number of fused-ring (bicyclic) bond motifs is 1. The van der Waals surface area contributed by atoms with Gasteiger partial charge in [0.15, 0.2) is 0 Å². The number of nitrogens with one attached hydrogen (secondary N) is 1. The molecule has 0 radical (unpaired) electrons. The summed E-state index contributed by atoms with van der Waals surface area (Å²) in [6.45, 7) is 1.63. The Morgan fingerprint density at radius 3 is 3.00 bits per heavy atom. The van der Waals surface area contributed by atoms with Crippen molar-refractivity contribution >= 4 is 39.1 Å². The first-order valence-electron chi connectivity index (χ1n) is 5.98. The van der Waals surface area contributed by atoms with Gasteiger partial charge in [-0.05, 0) is 40.4 Å². The minimum Gasteiger partial charge on any atom is -0.295 e. The molecule has 6 heteroatoms. The van der Waals surface area contributed by atoms with Gasteiger partial charge in [-0.15, -0.1) is 11.3 Å². The first kappa shape index (κ1) is 12.3. The molecule has 2 amide bonds. The summed E-state index contributed by atoms with van der Waals surface area (Å²) in [6, 6.07) is 1.97. The zero-order valence-corrected chi connectivity index (χ0v) is 12.1. The second-order valence-electron chi connectivity index (χ2n) is 4.72. The van der Waals surface area contributed by atoms with Gasteiger partial charge < -0.3 is 0 Å². The molecule has 2 aliphatic rings. The maximum atomic E-state index is 12.0. The van der Waals surface area contributed by atoms with E-state index in [2.05, 4.69) is 32.2 Å². The maximum Gasteiger partial charge on any atom is 0.243 e. The minimum absolute atomic E-state index is 0.133. The molecule has 0 saturated carbocycles. The number of thiophene rings is 1. The van der Waals surface area contributed by atoms with E-state index >= 15 is 0 Å². The molecule has 0 aliphatic carbocycles. The number of hydrogen-bond donors (Lipinski definition) is 1. The number of carbonyl (C=O) groups is 2. The fourth-order valence-electron chi connectivity index (χ4n) is 2.60. The van der Waals surface area contributed by atoms with Crippen LogP contribution < -0.4 is 5.32 Å². The third-order valence-corrected chi connectivity index (χ3v) is 5.14. The van der Waals surface area contributed by atoms with Crippen LogP contribution in [0, 0.1) is 0 Å². The van der Waals surface area contributed by atoms with Crippen molar-refractivity contribution in [3.8, 4) is 0 Å². The van der Waals surface area contributed by atoms with Gasteiger partial charge in [0.1, 0.15) is 0 Å².